The molecular weight excluding hydrogens is 464 g/mol. The summed E-state index contributed by atoms with van der Waals surface area (Å²) >= 11 is 0. The lowest BCUT2D eigenvalue weighted by atomic mass is 10.0. The average Bonchev–Trinajstić information content (AvgIpc) is 3.17. The second-order valence-corrected chi connectivity index (χ2v) is 8.49. The molecule has 0 spiro atoms. The molecule has 0 aliphatic carbocycles. The molecule has 0 fully saturated rings. The Morgan fingerprint density at radius 3 is 2.19 bits per heavy atom. The molecule has 3 aromatic carbocycles. The van der Waals surface area contributed by atoms with E-state index in [1.807, 2.05) is 12.1 Å². The first-order chi connectivity index (χ1) is 15.0. The van der Waals surface area contributed by atoms with Crippen molar-refractivity contribution >= 4 is 10.8 Å². The highest BCUT2D eigenvalue weighted by molar-refractivity contribution is 5.94. The second-order valence-electron chi connectivity index (χ2n) is 8.49. The van der Waals surface area contributed by atoms with Gasteiger partial charge in [0.25, 0.3) is 0 Å². The van der Waals surface area contributed by atoms with Crippen LogP contribution in [0.1, 0.15) is 38.8 Å². The molecule has 4 aromatic rings. The van der Waals surface area contributed by atoms with Gasteiger partial charge in [-0.2, -0.15) is 0 Å². The van der Waals surface area contributed by atoms with Gasteiger partial charge in [0, 0.05) is 16.3 Å². The molecule has 168 valence electrons. The number of ether oxygens (including phenoxy) is 2. The van der Waals surface area contributed by atoms with E-state index in [1.54, 1.807) is 0 Å². The number of rotatable bonds is 8. The van der Waals surface area contributed by atoms with Crippen LogP contribution < -0.4 is 31.0 Å². The fourth-order valence-corrected chi connectivity index (χ4v) is 3.83. The summed E-state index contributed by atoms with van der Waals surface area (Å²) < 4.78 is 16.9. The van der Waals surface area contributed by atoms with Crippen LogP contribution in [-0.2, 0) is 13.1 Å². The summed E-state index contributed by atoms with van der Waals surface area (Å²) in [5.41, 5.74) is 2.40. The zero-order valence-corrected chi connectivity index (χ0v) is 20.7. The predicted octanol–water partition coefficient (Wildman–Crippen LogP) is 2.60. The van der Waals surface area contributed by atoms with E-state index in [2.05, 4.69) is 104 Å². The minimum atomic E-state index is 0. The van der Waals surface area contributed by atoms with Crippen LogP contribution in [0, 0.1) is 0 Å². The van der Waals surface area contributed by atoms with Gasteiger partial charge >= 0.3 is 0 Å². The Kier molecular flexibility index (Phi) is 7.97. The van der Waals surface area contributed by atoms with Crippen LogP contribution in [0.5, 0.6) is 11.5 Å². The van der Waals surface area contributed by atoms with E-state index in [0.29, 0.717) is 6.54 Å². The zero-order valence-electron chi connectivity index (χ0n) is 19.2. The third-order valence-corrected chi connectivity index (χ3v) is 5.06. The largest absolute Gasteiger partial charge is 1.00 e. The molecule has 0 radical (unpaired) electrons. The summed E-state index contributed by atoms with van der Waals surface area (Å²) in [5, 5.41) is 2.18. The molecule has 0 N–H and O–H groups in total. The number of fused-ring (bicyclic) bond motifs is 1. The molecule has 1 heterocycles. The highest BCUT2D eigenvalue weighted by atomic mass is 79.9. The van der Waals surface area contributed by atoms with Gasteiger partial charge in [-0.05, 0) is 39.3 Å². The maximum absolute atomic E-state index is 6.32. The number of halogens is 1. The number of nitrogens with zero attached hydrogens (tertiary/aromatic N) is 2. The first-order valence-corrected chi connectivity index (χ1v) is 11.0. The molecular formula is C27H31BrN2O2. The van der Waals surface area contributed by atoms with E-state index >= 15 is 0 Å². The normalized spacial score (nSPS) is 11.1. The van der Waals surface area contributed by atoms with Gasteiger partial charge in [0.1, 0.15) is 37.0 Å². The quantitative estimate of drug-likeness (QED) is 0.352. The van der Waals surface area contributed by atoms with Crippen LogP contribution in [0.25, 0.3) is 10.8 Å². The molecule has 0 aliphatic rings. The highest BCUT2D eigenvalue weighted by Crippen LogP contribution is 2.38. The molecule has 0 atom stereocenters. The molecule has 0 saturated heterocycles. The van der Waals surface area contributed by atoms with Crippen LogP contribution in [0.2, 0.25) is 0 Å². The van der Waals surface area contributed by atoms with Gasteiger partial charge in [0.2, 0.25) is 6.33 Å². The van der Waals surface area contributed by atoms with Gasteiger partial charge in [-0.1, -0.05) is 54.6 Å². The molecule has 4 nitrogen and oxygen atoms in total. The van der Waals surface area contributed by atoms with Crippen LogP contribution in [0.15, 0.2) is 79.4 Å². The van der Waals surface area contributed by atoms with E-state index in [4.69, 9.17) is 9.47 Å². The summed E-state index contributed by atoms with van der Waals surface area (Å²) in [6.07, 6.45) is 6.56. The fourth-order valence-electron chi connectivity index (χ4n) is 3.83. The van der Waals surface area contributed by atoms with Gasteiger partial charge in [0.05, 0.1) is 12.2 Å². The second kappa shape index (κ2) is 10.7. The molecule has 0 aliphatic heterocycles. The molecule has 4 rings (SSSR count). The molecule has 0 saturated carbocycles. The number of hydrogen-bond donors (Lipinski definition) is 0. The molecule has 0 amide bonds. The Hall–Kier alpha value is -2.79. The standard InChI is InChI=1S/C27H31N2O2.BrH/c1-20(2)30-26-16-23(27(31-21(3)4)25-13-9-8-12-24(25)26)18-29-15-14-28(19-29)17-22-10-6-5-7-11-22;/h5-16,19-21H,17-18H2,1-4H3;1H/q+1;/p-1. The maximum Gasteiger partial charge on any atom is 0.244 e. The first kappa shape index (κ1) is 23.9. The molecule has 0 unspecified atom stereocenters. The number of benzene rings is 3. The predicted molar refractivity (Wildman–Crippen MR) is 125 cm³/mol. The minimum Gasteiger partial charge on any atom is -1.00 e. The van der Waals surface area contributed by atoms with Crippen LogP contribution in [0.3, 0.4) is 0 Å². The van der Waals surface area contributed by atoms with Crippen molar-refractivity contribution in [3.8, 4) is 11.5 Å². The average molecular weight is 495 g/mol. The van der Waals surface area contributed by atoms with Crippen LogP contribution in [-0.4, -0.2) is 16.8 Å². The van der Waals surface area contributed by atoms with Crippen molar-refractivity contribution in [1.29, 1.82) is 0 Å². The molecule has 5 heteroatoms. The van der Waals surface area contributed by atoms with Crippen LogP contribution in [0.4, 0.5) is 0 Å². The van der Waals surface area contributed by atoms with Gasteiger partial charge < -0.3 is 26.5 Å². The van der Waals surface area contributed by atoms with E-state index in [-0.39, 0.29) is 29.2 Å². The number of aromatic nitrogens is 2. The maximum atomic E-state index is 6.32. The summed E-state index contributed by atoms with van der Waals surface area (Å²) in [5.74, 6) is 1.84. The van der Waals surface area contributed by atoms with Gasteiger partial charge in [-0.15, -0.1) is 0 Å². The van der Waals surface area contributed by atoms with E-state index in [9.17, 15) is 0 Å². The summed E-state index contributed by atoms with van der Waals surface area (Å²) in [6, 6.07) is 21.0. The lowest BCUT2D eigenvalue weighted by molar-refractivity contribution is -0.687. The smallest absolute Gasteiger partial charge is 0.244 e. The Balaban J connectivity index is 0.00000289. The summed E-state index contributed by atoms with van der Waals surface area (Å²) in [6.45, 7) is 9.82. The topological polar surface area (TPSA) is 27.3 Å². The molecule has 32 heavy (non-hydrogen) atoms. The van der Waals surface area contributed by atoms with Crippen molar-refractivity contribution in [3.63, 3.8) is 0 Å². The lowest BCUT2D eigenvalue weighted by Gasteiger charge is -2.20. The summed E-state index contributed by atoms with van der Waals surface area (Å²) in [7, 11) is 0. The highest BCUT2D eigenvalue weighted by Gasteiger charge is 2.18. The Labute approximate surface area is 201 Å². The van der Waals surface area contributed by atoms with E-state index in [1.165, 1.54) is 5.56 Å². The van der Waals surface area contributed by atoms with Crippen molar-refractivity contribution in [2.24, 2.45) is 0 Å². The molecule has 1 aromatic heterocycles. The monoisotopic (exact) mass is 494 g/mol. The van der Waals surface area contributed by atoms with Crippen LogP contribution >= 0.6 is 0 Å². The zero-order chi connectivity index (χ0) is 21.8. The SMILES string of the molecule is CC(C)Oc1cc(Cn2cc[n+](Cc3ccccc3)c2)c(OC(C)C)c2ccccc12.[Br-]. The fraction of sp³-hybridized carbons (Fsp3) is 0.296. The van der Waals surface area contributed by atoms with Crippen molar-refractivity contribution in [3.05, 3.63) is 90.5 Å². The van der Waals surface area contributed by atoms with Gasteiger partial charge in [-0.3, -0.25) is 0 Å². The third-order valence-electron chi connectivity index (χ3n) is 5.06. The Morgan fingerprint density at radius 2 is 1.50 bits per heavy atom. The van der Waals surface area contributed by atoms with Crippen molar-refractivity contribution in [2.75, 3.05) is 0 Å². The van der Waals surface area contributed by atoms with Crippen molar-refractivity contribution in [1.82, 2.24) is 4.57 Å². The first-order valence-electron chi connectivity index (χ1n) is 11.0. The van der Waals surface area contributed by atoms with E-state index < -0.39 is 0 Å². The molecule has 0 bridgehead atoms. The number of hydrogen-bond acceptors (Lipinski definition) is 2. The Bertz CT molecular complexity index is 1150. The summed E-state index contributed by atoms with van der Waals surface area (Å²) in [4.78, 5) is 0. The van der Waals surface area contributed by atoms with Gasteiger partial charge in [-0.25, -0.2) is 9.13 Å². The third kappa shape index (κ3) is 5.71. The minimum absolute atomic E-state index is 0. The van der Waals surface area contributed by atoms with Crippen molar-refractivity contribution in [2.45, 2.75) is 53.0 Å². The Morgan fingerprint density at radius 1 is 0.844 bits per heavy atom. The number of imidazole rings is 1. The van der Waals surface area contributed by atoms with Gasteiger partial charge in [0.15, 0.2) is 0 Å². The lowest BCUT2D eigenvalue weighted by Crippen LogP contribution is -3.00. The van der Waals surface area contributed by atoms with Crippen molar-refractivity contribution < 1.29 is 31.0 Å². The van der Waals surface area contributed by atoms with E-state index in [0.717, 1.165) is 34.4 Å².